The lowest BCUT2D eigenvalue weighted by Crippen LogP contribution is -2.44. The Morgan fingerprint density at radius 1 is 1.20 bits per heavy atom. The monoisotopic (exact) mass is 630 g/mol. The van der Waals surface area contributed by atoms with Crippen LogP contribution in [0, 0.1) is 23.5 Å². The molecule has 1 fully saturated rings. The quantitative estimate of drug-likeness (QED) is 0.242. The third-order valence-corrected chi connectivity index (χ3v) is 8.22. The van der Waals surface area contributed by atoms with Gasteiger partial charge in [-0.15, -0.1) is 0 Å². The second kappa shape index (κ2) is 11.2. The molecule has 11 nitrogen and oxygen atoms in total. The lowest BCUT2D eigenvalue weighted by Gasteiger charge is -2.34. The van der Waals surface area contributed by atoms with Crippen LogP contribution >= 0.6 is 11.6 Å². The Balaban J connectivity index is 1.42. The number of pyridine rings is 1. The molecule has 2 aliphatic heterocycles. The number of halogens is 4. The Morgan fingerprint density at radius 3 is 2.70 bits per heavy atom. The number of nitrogens with zero attached hydrogens (tertiary/aromatic N) is 5. The van der Waals surface area contributed by atoms with Crippen molar-refractivity contribution in [1.82, 2.24) is 19.1 Å². The number of aromatic nitrogens is 4. The molecule has 230 valence electrons. The Bertz CT molecular complexity index is 1910. The van der Waals surface area contributed by atoms with Crippen molar-refractivity contribution < 1.29 is 32.6 Å². The van der Waals surface area contributed by atoms with Gasteiger partial charge in [-0.1, -0.05) is 18.5 Å². The molecule has 1 aromatic carbocycles. The fourth-order valence-electron chi connectivity index (χ4n) is 5.73. The first kappa shape index (κ1) is 29.6. The molecule has 2 atom stereocenters. The number of benzene rings is 1. The van der Waals surface area contributed by atoms with E-state index in [1.807, 2.05) is 18.7 Å². The number of rotatable bonds is 6. The summed E-state index contributed by atoms with van der Waals surface area (Å²) in [4.78, 5) is 48.8. The molecule has 4 aromatic rings. The predicted molar refractivity (Wildman–Crippen MR) is 155 cm³/mol. The lowest BCUT2D eigenvalue weighted by atomic mass is 10.0. The smallest absolute Gasteiger partial charge is 0.263 e. The highest BCUT2D eigenvalue weighted by molar-refractivity contribution is 6.33. The van der Waals surface area contributed by atoms with Gasteiger partial charge in [0.25, 0.3) is 5.56 Å². The molecule has 2 unspecified atom stereocenters. The highest BCUT2D eigenvalue weighted by atomic mass is 35.5. The van der Waals surface area contributed by atoms with Gasteiger partial charge in [0.1, 0.15) is 28.9 Å². The van der Waals surface area contributed by atoms with Gasteiger partial charge in [0.15, 0.2) is 17.9 Å². The van der Waals surface area contributed by atoms with Gasteiger partial charge in [0.05, 0.1) is 35.9 Å². The lowest BCUT2D eigenvalue weighted by molar-refractivity contribution is -0.116. The summed E-state index contributed by atoms with van der Waals surface area (Å²) in [5.41, 5.74) is -1.68. The van der Waals surface area contributed by atoms with E-state index in [1.165, 1.54) is 21.4 Å². The molecule has 44 heavy (non-hydrogen) atoms. The van der Waals surface area contributed by atoms with Crippen LogP contribution in [0.4, 0.5) is 24.7 Å². The molecule has 1 saturated heterocycles. The van der Waals surface area contributed by atoms with Crippen LogP contribution in [0.1, 0.15) is 30.0 Å². The zero-order valence-corrected chi connectivity index (χ0v) is 24.3. The second-order valence-electron chi connectivity index (χ2n) is 11.0. The molecule has 0 saturated carbocycles. The number of morpholine rings is 1. The van der Waals surface area contributed by atoms with E-state index in [4.69, 9.17) is 16.3 Å². The Kier molecular flexibility index (Phi) is 7.58. The topological polar surface area (TPSA) is 132 Å². The fraction of sp³-hybridized carbons (Fsp3) is 0.345. The number of aromatic hydroxyl groups is 1. The molecule has 15 heteroatoms. The van der Waals surface area contributed by atoms with Gasteiger partial charge >= 0.3 is 0 Å². The number of carbonyl (C=O) groups is 2. The minimum Gasteiger partial charge on any atom is -0.504 e. The highest BCUT2D eigenvalue weighted by Gasteiger charge is 2.29. The molecule has 0 radical (unpaired) electrons. The Morgan fingerprint density at radius 2 is 1.98 bits per heavy atom. The van der Waals surface area contributed by atoms with Crippen molar-refractivity contribution >= 4 is 46.3 Å². The van der Waals surface area contributed by atoms with Crippen molar-refractivity contribution in [2.24, 2.45) is 5.92 Å². The van der Waals surface area contributed by atoms with Crippen molar-refractivity contribution in [2.45, 2.75) is 39.4 Å². The van der Waals surface area contributed by atoms with E-state index < -0.39 is 57.5 Å². The normalized spacial score (nSPS) is 18.1. The zero-order chi connectivity index (χ0) is 31.4. The predicted octanol–water partition coefficient (Wildman–Crippen LogP) is 3.90. The Hall–Kier alpha value is -4.43. The molecule has 2 N–H and O–H groups in total. The van der Waals surface area contributed by atoms with E-state index in [9.17, 15) is 28.3 Å². The van der Waals surface area contributed by atoms with E-state index in [2.05, 4.69) is 15.3 Å². The number of carbonyl (C=O) groups excluding carboxylic acids is 2. The van der Waals surface area contributed by atoms with Crippen molar-refractivity contribution in [3.8, 4) is 16.9 Å². The average molecular weight is 631 g/mol. The number of anilines is 2. The molecule has 0 bridgehead atoms. The molecule has 1 amide bonds. The first-order valence-electron chi connectivity index (χ1n) is 13.8. The number of ether oxygens (including phenoxy) is 1. The zero-order valence-electron chi connectivity index (χ0n) is 23.5. The van der Waals surface area contributed by atoms with E-state index in [-0.39, 0.29) is 46.3 Å². The fourth-order valence-corrected chi connectivity index (χ4v) is 5.87. The van der Waals surface area contributed by atoms with Crippen LogP contribution in [-0.4, -0.2) is 62.2 Å². The molecule has 5 heterocycles. The van der Waals surface area contributed by atoms with Crippen LogP contribution in [0.15, 0.2) is 23.1 Å². The summed E-state index contributed by atoms with van der Waals surface area (Å²) in [6, 6.07) is 2.26. The van der Waals surface area contributed by atoms with Crippen molar-refractivity contribution in [3.63, 3.8) is 0 Å². The molecule has 0 spiro atoms. The molecular formula is C29H26ClF3N6O5. The Labute approximate surface area is 252 Å². The number of hydrogen-bond donors (Lipinski definition) is 2. The maximum absolute atomic E-state index is 15.2. The summed E-state index contributed by atoms with van der Waals surface area (Å²) in [5, 5.41) is 11.9. The van der Waals surface area contributed by atoms with E-state index >= 15 is 4.39 Å². The summed E-state index contributed by atoms with van der Waals surface area (Å²) in [5.74, 6) is -5.20. The third kappa shape index (κ3) is 4.97. The first-order chi connectivity index (χ1) is 21.0. The van der Waals surface area contributed by atoms with Gasteiger partial charge in [0, 0.05) is 42.9 Å². The van der Waals surface area contributed by atoms with Gasteiger partial charge in [-0.3, -0.25) is 19.0 Å². The molecular weight excluding hydrogens is 605 g/mol. The summed E-state index contributed by atoms with van der Waals surface area (Å²) < 4.78 is 52.7. The number of hydrogen-bond acceptors (Lipinski definition) is 8. The van der Waals surface area contributed by atoms with Crippen LogP contribution < -0.4 is 15.8 Å². The van der Waals surface area contributed by atoms with Gasteiger partial charge in [0.2, 0.25) is 17.7 Å². The minimum absolute atomic E-state index is 0.0240. The SMILES string of the molecule is CC1Cc2nc3c(c(-c4cc(C=O)c(O)c(F)c4F)cn3CC(=O)Nc3cc(N4CCOCC4C)nc(F)c3Cl)c(=O)n2C1. The van der Waals surface area contributed by atoms with Crippen LogP contribution in [0.3, 0.4) is 0 Å². The van der Waals surface area contributed by atoms with Crippen LogP contribution in [0.25, 0.3) is 22.2 Å². The van der Waals surface area contributed by atoms with E-state index in [1.54, 1.807) is 0 Å². The van der Waals surface area contributed by atoms with Crippen molar-refractivity contribution in [1.29, 1.82) is 0 Å². The average Bonchev–Trinajstić information content (AvgIpc) is 3.54. The number of fused-ring (bicyclic) bond motifs is 2. The largest absolute Gasteiger partial charge is 0.504 e. The summed E-state index contributed by atoms with van der Waals surface area (Å²) in [6.45, 7) is 4.95. The number of phenolic OH excluding ortho intramolecular Hbond substituents is 1. The molecule has 6 rings (SSSR count). The summed E-state index contributed by atoms with van der Waals surface area (Å²) >= 11 is 6.15. The molecule has 0 aliphatic carbocycles. The number of nitrogens with one attached hydrogen (secondary N) is 1. The summed E-state index contributed by atoms with van der Waals surface area (Å²) in [7, 11) is 0. The van der Waals surface area contributed by atoms with Gasteiger partial charge in [-0.2, -0.15) is 8.78 Å². The number of phenols is 1. The number of amides is 1. The van der Waals surface area contributed by atoms with Gasteiger partial charge < -0.3 is 24.6 Å². The standard InChI is InChI=1S/C29H26ClF3N6O5/c1-13-5-19-36-28-22(29(43)39(19)8-13)17(16-6-15(11-40)26(42)25(32)24(16)31)9-37(28)10-21(41)34-18-7-20(35-27(33)23(18)30)38-3-4-44-12-14(38)2/h6-7,9,11,13-14,42H,3-5,8,10,12H2,1-2H3,(H,34,35,41). The van der Waals surface area contributed by atoms with Crippen LogP contribution in [-0.2, 0) is 29.0 Å². The maximum atomic E-state index is 15.2. The number of aldehydes is 1. The summed E-state index contributed by atoms with van der Waals surface area (Å²) in [6.07, 6.45) is 1.88. The highest BCUT2D eigenvalue weighted by Crippen LogP contribution is 2.36. The van der Waals surface area contributed by atoms with Crippen molar-refractivity contribution in [3.05, 3.63) is 62.7 Å². The first-order valence-corrected chi connectivity index (χ1v) is 14.2. The van der Waals surface area contributed by atoms with Crippen LogP contribution in [0.5, 0.6) is 5.75 Å². The maximum Gasteiger partial charge on any atom is 0.263 e. The third-order valence-electron chi connectivity index (χ3n) is 7.86. The van der Waals surface area contributed by atoms with Gasteiger partial charge in [-0.05, 0) is 18.9 Å². The van der Waals surface area contributed by atoms with Gasteiger partial charge in [-0.25, -0.2) is 14.4 Å². The molecule has 3 aromatic heterocycles. The second-order valence-corrected chi connectivity index (χ2v) is 11.4. The van der Waals surface area contributed by atoms with Crippen LogP contribution in [0.2, 0.25) is 5.02 Å². The van der Waals surface area contributed by atoms with E-state index in [0.29, 0.717) is 38.5 Å². The van der Waals surface area contributed by atoms with E-state index in [0.717, 1.165) is 6.07 Å². The molecule has 2 aliphatic rings. The van der Waals surface area contributed by atoms with Crippen molar-refractivity contribution in [2.75, 3.05) is 30.0 Å². The minimum atomic E-state index is -1.66.